The van der Waals surface area contributed by atoms with E-state index in [1.54, 1.807) is 24.3 Å². The van der Waals surface area contributed by atoms with Gasteiger partial charge in [-0.3, -0.25) is 19.7 Å². The number of aromatic hydroxyl groups is 1. The highest BCUT2D eigenvalue weighted by Crippen LogP contribution is 2.22. The van der Waals surface area contributed by atoms with Crippen molar-refractivity contribution in [3.63, 3.8) is 0 Å². The second-order valence-corrected chi connectivity index (χ2v) is 5.73. The van der Waals surface area contributed by atoms with Crippen LogP contribution in [0.5, 0.6) is 11.5 Å². The highest BCUT2D eigenvalue weighted by molar-refractivity contribution is 5.98. The van der Waals surface area contributed by atoms with E-state index in [4.69, 9.17) is 4.74 Å². The number of non-ortho nitro benzene ring substituents is 1. The topological polar surface area (TPSA) is 119 Å². The number of Topliss-reactive ketones (excluding diaryl/α,β-unsaturated/α-hetero) is 1. The lowest BCUT2D eigenvalue weighted by atomic mass is 10.1. The van der Waals surface area contributed by atoms with Crippen molar-refractivity contribution < 1.29 is 24.4 Å². The van der Waals surface area contributed by atoms with Crippen molar-refractivity contribution in [2.24, 2.45) is 0 Å². The van der Waals surface area contributed by atoms with Crippen LogP contribution in [-0.2, 0) is 11.3 Å². The largest absolute Gasteiger partial charge is 0.508 e. The van der Waals surface area contributed by atoms with E-state index in [2.05, 4.69) is 5.32 Å². The van der Waals surface area contributed by atoms with Crippen LogP contribution in [-0.4, -0.2) is 28.3 Å². The minimum Gasteiger partial charge on any atom is -0.508 e. The number of nitrogens with one attached hydrogen (secondary N) is 1. The lowest BCUT2D eigenvalue weighted by Gasteiger charge is -2.07. The molecule has 8 nitrogen and oxygen atoms in total. The number of benzene rings is 2. The van der Waals surface area contributed by atoms with Crippen LogP contribution in [0.3, 0.4) is 0 Å². The number of carbonyl (C=O) groups is 2. The molecule has 0 spiro atoms. The molecule has 0 heterocycles. The Balaban J connectivity index is 1.84. The predicted octanol–water partition coefficient (Wildman–Crippen LogP) is 2.98. The SMILES string of the molecule is CCOc1ccc(C(=O)CCC(=O)NCc2cc([N+](=O)[O-])ccc2O)cc1. The molecule has 0 aliphatic heterocycles. The fourth-order valence-electron chi connectivity index (χ4n) is 2.38. The van der Waals surface area contributed by atoms with Gasteiger partial charge in [-0.1, -0.05) is 0 Å². The Morgan fingerprint density at radius 3 is 2.48 bits per heavy atom. The average molecular weight is 372 g/mol. The average Bonchev–Trinajstić information content (AvgIpc) is 2.66. The van der Waals surface area contributed by atoms with Gasteiger partial charge in [0.25, 0.3) is 5.69 Å². The Morgan fingerprint density at radius 2 is 1.85 bits per heavy atom. The van der Waals surface area contributed by atoms with Crippen LogP contribution in [0, 0.1) is 10.1 Å². The molecule has 2 aromatic rings. The van der Waals surface area contributed by atoms with Crippen LogP contribution in [0.1, 0.15) is 35.7 Å². The van der Waals surface area contributed by atoms with Gasteiger partial charge in [-0.25, -0.2) is 0 Å². The molecule has 8 heteroatoms. The first-order valence-corrected chi connectivity index (χ1v) is 8.39. The highest BCUT2D eigenvalue weighted by atomic mass is 16.6. The van der Waals surface area contributed by atoms with E-state index in [9.17, 15) is 24.8 Å². The molecular weight excluding hydrogens is 352 g/mol. The summed E-state index contributed by atoms with van der Waals surface area (Å²) < 4.78 is 5.31. The number of hydrogen-bond acceptors (Lipinski definition) is 6. The Labute approximate surface area is 155 Å². The molecule has 2 aromatic carbocycles. The number of amides is 1. The number of nitrogens with zero attached hydrogens (tertiary/aromatic N) is 1. The molecule has 27 heavy (non-hydrogen) atoms. The Morgan fingerprint density at radius 1 is 1.15 bits per heavy atom. The van der Waals surface area contributed by atoms with Gasteiger partial charge >= 0.3 is 0 Å². The van der Waals surface area contributed by atoms with E-state index < -0.39 is 4.92 Å². The molecular formula is C19H20N2O6. The summed E-state index contributed by atoms with van der Waals surface area (Å²) in [7, 11) is 0. The molecule has 0 aliphatic carbocycles. The Bertz CT molecular complexity index is 833. The number of nitro groups is 1. The maximum atomic E-state index is 12.1. The highest BCUT2D eigenvalue weighted by Gasteiger charge is 2.13. The van der Waals surface area contributed by atoms with Gasteiger partial charge < -0.3 is 15.2 Å². The van der Waals surface area contributed by atoms with Crippen molar-refractivity contribution in [1.82, 2.24) is 5.32 Å². The summed E-state index contributed by atoms with van der Waals surface area (Å²) in [6, 6.07) is 10.3. The number of ketones is 1. The zero-order chi connectivity index (χ0) is 19.8. The smallest absolute Gasteiger partial charge is 0.270 e. The van der Waals surface area contributed by atoms with Gasteiger partial charge in [0.05, 0.1) is 11.5 Å². The van der Waals surface area contributed by atoms with Crippen molar-refractivity contribution in [3.05, 3.63) is 63.7 Å². The van der Waals surface area contributed by atoms with Crippen molar-refractivity contribution in [3.8, 4) is 11.5 Å². The van der Waals surface area contributed by atoms with E-state index in [0.717, 1.165) is 0 Å². The first-order chi connectivity index (χ1) is 12.9. The lowest BCUT2D eigenvalue weighted by molar-refractivity contribution is -0.384. The number of hydrogen-bond donors (Lipinski definition) is 2. The first kappa shape index (κ1) is 19.9. The molecule has 0 unspecified atom stereocenters. The molecule has 0 saturated heterocycles. The van der Waals surface area contributed by atoms with E-state index in [1.807, 2.05) is 6.92 Å². The van der Waals surface area contributed by atoms with Crippen LogP contribution in [0.25, 0.3) is 0 Å². The zero-order valence-corrected chi connectivity index (χ0v) is 14.8. The summed E-state index contributed by atoms with van der Waals surface area (Å²) in [5.41, 5.74) is 0.542. The van der Waals surface area contributed by atoms with Gasteiger partial charge in [0.15, 0.2) is 5.78 Å². The van der Waals surface area contributed by atoms with Gasteiger partial charge in [0.1, 0.15) is 11.5 Å². The van der Waals surface area contributed by atoms with Crippen molar-refractivity contribution >= 4 is 17.4 Å². The molecule has 0 radical (unpaired) electrons. The fourth-order valence-corrected chi connectivity index (χ4v) is 2.38. The first-order valence-electron chi connectivity index (χ1n) is 8.39. The monoisotopic (exact) mass is 372 g/mol. The lowest BCUT2D eigenvalue weighted by Crippen LogP contribution is -2.23. The molecule has 0 fully saturated rings. The van der Waals surface area contributed by atoms with Crippen molar-refractivity contribution in [1.29, 1.82) is 0 Å². The fraction of sp³-hybridized carbons (Fsp3) is 0.263. The maximum absolute atomic E-state index is 12.1. The molecule has 0 saturated carbocycles. The third kappa shape index (κ3) is 5.81. The Kier molecular flexibility index (Phi) is 6.87. The van der Waals surface area contributed by atoms with E-state index in [1.165, 1.54) is 18.2 Å². The van der Waals surface area contributed by atoms with Crippen LogP contribution in [0.2, 0.25) is 0 Å². The van der Waals surface area contributed by atoms with Crippen LogP contribution >= 0.6 is 0 Å². The second kappa shape index (κ2) is 9.33. The standard InChI is InChI=1S/C19H20N2O6/c1-2-27-16-6-3-13(4-7-16)17(22)9-10-19(24)20-12-14-11-15(21(25)26)5-8-18(14)23/h3-8,11,23H,2,9-10,12H2,1H3,(H,20,24). The third-order valence-corrected chi connectivity index (χ3v) is 3.82. The van der Waals surface area contributed by atoms with Crippen LogP contribution in [0.15, 0.2) is 42.5 Å². The summed E-state index contributed by atoms with van der Waals surface area (Å²) in [4.78, 5) is 34.2. The molecule has 0 atom stereocenters. The predicted molar refractivity (Wildman–Crippen MR) is 97.8 cm³/mol. The molecule has 0 aromatic heterocycles. The number of phenolic OH excluding ortho intramolecular Hbond substituents is 1. The number of carbonyl (C=O) groups excluding carboxylic acids is 2. The summed E-state index contributed by atoms with van der Waals surface area (Å²) in [6.07, 6.45) is 0.00245. The normalized spacial score (nSPS) is 10.3. The third-order valence-electron chi connectivity index (χ3n) is 3.82. The zero-order valence-electron chi connectivity index (χ0n) is 14.8. The van der Waals surface area contributed by atoms with E-state index >= 15 is 0 Å². The second-order valence-electron chi connectivity index (χ2n) is 5.73. The van der Waals surface area contributed by atoms with E-state index in [0.29, 0.717) is 17.9 Å². The van der Waals surface area contributed by atoms with Crippen molar-refractivity contribution in [2.45, 2.75) is 26.3 Å². The molecule has 1 amide bonds. The van der Waals surface area contributed by atoms with Crippen molar-refractivity contribution in [2.75, 3.05) is 6.61 Å². The summed E-state index contributed by atoms with van der Waals surface area (Å²) >= 11 is 0. The Hall–Kier alpha value is -3.42. The summed E-state index contributed by atoms with van der Waals surface area (Å²) in [5.74, 6) is -0.0403. The number of ether oxygens (including phenoxy) is 1. The number of rotatable bonds is 9. The van der Waals surface area contributed by atoms with E-state index in [-0.39, 0.29) is 48.1 Å². The summed E-state index contributed by atoms with van der Waals surface area (Å²) in [6.45, 7) is 2.34. The van der Waals surface area contributed by atoms with Gasteiger partial charge in [-0.15, -0.1) is 0 Å². The van der Waals surface area contributed by atoms with Gasteiger partial charge in [0.2, 0.25) is 5.91 Å². The summed E-state index contributed by atoms with van der Waals surface area (Å²) in [5, 5.41) is 23.0. The number of phenols is 1. The minimum atomic E-state index is -0.583. The maximum Gasteiger partial charge on any atom is 0.270 e. The van der Waals surface area contributed by atoms with Gasteiger partial charge in [0, 0.05) is 42.6 Å². The quantitative estimate of drug-likeness (QED) is 0.397. The molecule has 2 rings (SSSR count). The molecule has 0 aliphatic rings. The molecule has 142 valence electrons. The molecule has 2 N–H and O–H groups in total. The van der Waals surface area contributed by atoms with Crippen LogP contribution < -0.4 is 10.1 Å². The van der Waals surface area contributed by atoms with Gasteiger partial charge in [-0.2, -0.15) is 0 Å². The molecule has 0 bridgehead atoms. The van der Waals surface area contributed by atoms with Crippen LogP contribution in [0.4, 0.5) is 5.69 Å². The van der Waals surface area contributed by atoms with Gasteiger partial charge in [-0.05, 0) is 37.3 Å². The minimum absolute atomic E-state index is 0.0261. The number of nitro benzene ring substituents is 1.